The molecule has 1 rings (SSSR count). The highest BCUT2D eigenvalue weighted by molar-refractivity contribution is 5.76. The lowest BCUT2D eigenvalue weighted by Crippen LogP contribution is -2.44. The summed E-state index contributed by atoms with van der Waals surface area (Å²) < 4.78 is 5.55. The molecular weight excluding hydrogens is 238 g/mol. The van der Waals surface area contributed by atoms with Crippen LogP contribution in [0.4, 0.5) is 0 Å². The Balaban J connectivity index is 2.66. The summed E-state index contributed by atoms with van der Waals surface area (Å²) in [6.07, 6.45) is 4.36. The number of carbonyl (C=O) groups excluding carboxylic acids is 1. The summed E-state index contributed by atoms with van der Waals surface area (Å²) >= 11 is 0. The Labute approximate surface area is 118 Å². The number of rotatable bonds is 5. The molecule has 1 atom stereocenters. The maximum Gasteiger partial charge on any atom is 0.323 e. The highest BCUT2D eigenvalue weighted by Gasteiger charge is 2.37. The normalized spacial score (nSPS) is 21.7. The fourth-order valence-electron chi connectivity index (χ4n) is 2.62. The predicted octanol–water partition coefficient (Wildman–Crippen LogP) is 3.62. The fraction of sp³-hybridized carbons (Fsp3) is 0.938. The van der Waals surface area contributed by atoms with Crippen molar-refractivity contribution >= 4 is 5.97 Å². The second kappa shape index (κ2) is 6.25. The van der Waals surface area contributed by atoms with E-state index in [0.29, 0.717) is 5.41 Å². The van der Waals surface area contributed by atoms with E-state index in [4.69, 9.17) is 4.74 Å². The molecule has 1 saturated heterocycles. The number of likely N-dealkylation sites (tertiary alicyclic amines) is 1. The standard InChI is InChI=1S/C16H31NO2/c1-7-16(6,8-2)12-17-11-9-10-13(17)14(18)19-15(3,4)5/h13H,7-12H2,1-6H3. The molecule has 0 radical (unpaired) electrons. The molecule has 3 nitrogen and oxygen atoms in total. The molecule has 3 heteroatoms. The van der Waals surface area contributed by atoms with Crippen LogP contribution in [0, 0.1) is 5.41 Å². The van der Waals surface area contributed by atoms with Crippen LogP contribution < -0.4 is 0 Å². The van der Waals surface area contributed by atoms with Crippen molar-refractivity contribution in [2.24, 2.45) is 5.41 Å². The van der Waals surface area contributed by atoms with Gasteiger partial charge >= 0.3 is 5.97 Å². The topological polar surface area (TPSA) is 29.5 Å². The number of carbonyl (C=O) groups is 1. The van der Waals surface area contributed by atoms with Gasteiger partial charge in [0.05, 0.1) is 0 Å². The van der Waals surface area contributed by atoms with Crippen LogP contribution in [0.1, 0.15) is 67.2 Å². The summed E-state index contributed by atoms with van der Waals surface area (Å²) in [4.78, 5) is 14.6. The molecule has 0 N–H and O–H groups in total. The molecule has 0 bridgehead atoms. The van der Waals surface area contributed by atoms with Crippen LogP contribution in [-0.4, -0.2) is 35.6 Å². The van der Waals surface area contributed by atoms with Gasteiger partial charge in [-0.2, -0.15) is 0 Å². The summed E-state index contributed by atoms with van der Waals surface area (Å²) in [5.41, 5.74) is -0.0746. The summed E-state index contributed by atoms with van der Waals surface area (Å²) in [6.45, 7) is 14.6. The molecule has 1 unspecified atom stereocenters. The van der Waals surface area contributed by atoms with Crippen molar-refractivity contribution in [1.29, 1.82) is 0 Å². The van der Waals surface area contributed by atoms with Gasteiger partial charge in [0.25, 0.3) is 0 Å². The van der Waals surface area contributed by atoms with Gasteiger partial charge < -0.3 is 4.74 Å². The van der Waals surface area contributed by atoms with Crippen molar-refractivity contribution in [3.63, 3.8) is 0 Å². The Morgan fingerprint density at radius 1 is 1.21 bits per heavy atom. The van der Waals surface area contributed by atoms with E-state index in [9.17, 15) is 4.79 Å². The second-order valence-corrected chi connectivity index (χ2v) is 7.18. The van der Waals surface area contributed by atoms with Crippen LogP contribution in [0.15, 0.2) is 0 Å². The lowest BCUT2D eigenvalue weighted by Gasteiger charge is -2.35. The third kappa shape index (κ3) is 4.79. The maximum absolute atomic E-state index is 12.3. The van der Waals surface area contributed by atoms with Crippen molar-refractivity contribution < 1.29 is 9.53 Å². The maximum atomic E-state index is 12.3. The molecule has 0 aromatic heterocycles. The molecule has 0 aromatic rings. The zero-order valence-electron chi connectivity index (χ0n) is 13.6. The first kappa shape index (κ1) is 16.5. The molecule has 112 valence electrons. The van der Waals surface area contributed by atoms with Gasteiger partial charge in [-0.05, 0) is 58.4 Å². The van der Waals surface area contributed by atoms with Gasteiger partial charge in [-0.3, -0.25) is 9.69 Å². The van der Waals surface area contributed by atoms with Crippen LogP contribution in [0.2, 0.25) is 0 Å². The van der Waals surface area contributed by atoms with Gasteiger partial charge in [0.15, 0.2) is 0 Å². The molecule has 0 aromatic carbocycles. The smallest absolute Gasteiger partial charge is 0.323 e. The Bertz CT molecular complexity index is 302. The lowest BCUT2D eigenvalue weighted by molar-refractivity contribution is -0.160. The lowest BCUT2D eigenvalue weighted by atomic mass is 9.84. The molecule has 1 heterocycles. The Hall–Kier alpha value is -0.570. The van der Waals surface area contributed by atoms with E-state index in [1.165, 1.54) is 0 Å². The van der Waals surface area contributed by atoms with Crippen molar-refractivity contribution in [2.75, 3.05) is 13.1 Å². The molecule has 0 amide bonds. The zero-order chi connectivity index (χ0) is 14.7. The van der Waals surface area contributed by atoms with Gasteiger partial charge in [-0.1, -0.05) is 20.8 Å². The van der Waals surface area contributed by atoms with Crippen LogP contribution in [0.25, 0.3) is 0 Å². The number of hydrogen-bond acceptors (Lipinski definition) is 3. The molecule has 19 heavy (non-hydrogen) atoms. The first-order chi connectivity index (χ1) is 8.71. The van der Waals surface area contributed by atoms with Crippen molar-refractivity contribution in [3.8, 4) is 0 Å². The molecule has 0 saturated carbocycles. The van der Waals surface area contributed by atoms with Crippen molar-refractivity contribution in [3.05, 3.63) is 0 Å². The van der Waals surface area contributed by atoms with Crippen molar-refractivity contribution in [1.82, 2.24) is 4.90 Å². The van der Waals surface area contributed by atoms with Crippen molar-refractivity contribution in [2.45, 2.75) is 78.9 Å². The highest BCUT2D eigenvalue weighted by Crippen LogP contribution is 2.31. The number of hydrogen-bond donors (Lipinski definition) is 0. The minimum atomic E-state index is -0.385. The van der Waals surface area contributed by atoms with Gasteiger partial charge in [0.1, 0.15) is 11.6 Å². The molecule has 1 aliphatic heterocycles. The third-order valence-electron chi connectivity index (χ3n) is 4.33. The summed E-state index contributed by atoms with van der Waals surface area (Å²) in [7, 11) is 0. The van der Waals surface area contributed by atoms with E-state index in [2.05, 4.69) is 25.7 Å². The third-order valence-corrected chi connectivity index (χ3v) is 4.33. The number of esters is 1. The molecule has 1 aliphatic rings. The zero-order valence-corrected chi connectivity index (χ0v) is 13.6. The Morgan fingerprint density at radius 2 is 1.79 bits per heavy atom. The first-order valence-corrected chi connectivity index (χ1v) is 7.67. The van der Waals surface area contributed by atoms with Gasteiger partial charge in [0, 0.05) is 6.54 Å². The molecule has 0 spiro atoms. The number of ether oxygens (including phenoxy) is 1. The number of nitrogens with zero attached hydrogens (tertiary/aromatic N) is 1. The first-order valence-electron chi connectivity index (χ1n) is 7.67. The average molecular weight is 269 g/mol. The second-order valence-electron chi connectivity index (χ2n) is 7.18. The van der Waals surface area contributed by atoms with E-state index < -0.39 is 0 Å². The highest BCUT2D eigenvalue weighted by atomic mass is 16.6. The molecule has 1 fully saturated rings. The minimum absolute atomic E-state index is 0.0309. The fourth-order valence-corrected chi connectivity index (χ4v) is 2.62. The summed E-state index contributed by atoms with van der Waals surface area (Å²) in [5.74, 6) is -0.0421. The van der Waals surface area contributed by atoms with Crippen LogP contribution in [0.5, 0.6) is 0 Å². The van der Waals surface area contributed by atoms with E-state index in [1.807, 2.05) is 20.8 Å². The van der Waals surface area contributed by atoms with E-state index in [-0.39, 0.29) is 17.6 Å². The monoisotopic (exact) mass is 269 g/mol. The van der Waals surface area contributed by atoms with E-state index in [0.717, 1.165) is 38.8 Å². The largest absolute Gasteiger partial charge is 0.459 e. The quantitative estimate of drug-likeness (QED) is 0.714. The van der Waals surface area contributed by atoms with Crippen LogP contribution >= 0.6 is 0 Å². The SMILES string of the molecule is CCC(C)(CC)CN1CCCC1C(=O)OC(C)(C)C. The minimum Gasteiger partial charge on any atom is -0.459 e. The van der Waals surface area contributed by atoms with E-state index in [1.54, 1.807) is 0 Å². The van der Waals surface area contributed by atoms with Crippen LogP contribution in [-0.2, 0) is 9.53 Å². The van der Waals surface area contributed by atoms with Gasteiger partial charge in [-0.15, -0.1) is 0 Å². The summed E-state index contributed by atoms with van der Waals surface area (Å²) in [5, 5.41) is 0. The summed E-state index contributed by atoms with van der Waals surface area (Å²) in [6, 6.07) is -0.0309. The van der Waals surface area contributed by atoms with Crippen LogP contribution in [0.3, 0.4) is 0 Å². The van der Waals surface area contributed by atoms with Gasteiger partial charge in [-0.25, -0.2) is 0 Å². The predicted molar refractivity (Wildman–Crippen MR) is 79.1 cm³/mol. The Morgan fingerprint density at radius 3 is 2.26 bits per heavy atom. The molecule has 0 aliphatic carbocycles. The van der Waals surface area contributed by atoms with E-state index >= 15 is 0 Å². The van der Waals surface area contributed by atoms with Gasteiger partial charge in [0.2, 0.25) is 0 Å². The Kier molecular flexibility index (Phi) is 5.43. The molecular formula is C16H31NO2. The average Bonchev–Trinajstić information content (AvgIpc) is 2.74.